The summed E-state index contributed by atoms with van der Waals surface area (Å²) in [6.07, 6.45) is 5.54. The molecule has 2 aromatic rings. The summed E-state index contributed by atoms with van der Waals surface area (Å²) in [6, 6.07) is 14.6. The van der Waals surface area contributed by atoms with Crippen molar-refractivity contribution in [2.24, 2.45) is 0 Å². The van der Waals surface area contributed by atoms with E-state index in [0.717, 1.165) is 43.3 Å². The molecule has 7 nitrogen and oxygen atoms in total. The Bertz CT molecular complexity index is 1220. The van der Waals surface area contributed by atoms with E-state index >= 15 is 0 Å². The smallest absolute Gasteiger partial charge is 0.255 e. The number of benzene rings is 2. The van der Waals surface area contributed by atoms with Gasteiger partial charge in [0.1, 0.15) is 6.04 Å². The topological polar surface area (TPSA) is 73.0 Å². The highest BCUT2D eigenvalue weighted by molar-refractivity contribution is 8.01. The molecule has 6 rings (SSSR count). The van der Waals surface area contributed by atoms with Crippen LogP contribution in [0.3, 0.4) is 0 Å². The van der Waals surface area contributed by atoms with Gasteiger partial charge in [0.25, 0.3) is 5.91 Å². The molecule has 0 bridgehead atoms. The lowest BCUT2D eigenvalue weighted by atomic mass is 9.87. The van der Waals surface area contributed by atoms with E-state index in [9.17, 15) is 14.4 Å². The molecule has 0 radical (unpaired) electrons. The van der Waals surface area contributed by atoms with Crippen LogP contribution in [0.15, 0.2) is 42.5 Å². The molecule has 1 N–H and O–H groups in total. The van der Waals surface area contributed by atoms with Crippen LogP contribution in [0.5, 0.6) is 0 Å². The van der Waals surface area contributed by atoms with Crippen LogP contribution in [0.4, 0.5) is 5.69 Å². The molecule has 1 unspecified atom stereocenters. The third kappa shape index (κ3) is 5.27. The van der Waals surface area contributed by atoms with E-state index in [4.69, 9.17) is 0 Å². The standard InChI is InChI=1S/C29H34N4O3S/c1-31(37-24-6-7-24)23-4-2-3-19(15-23)17-32-13-11-20(12-14-32)21-5-8-25-22(16-21)18-33(29(25)36)26-9-10-27(34)30-28(26)35/h2-5,8,15-16,20,24,26H,6-7,9-14,17-18H2,1H3,(H,30,34,35). The van der Waals surface area contributed by atoms with Gasteiger partial charge in [0.05, 0.1) is 0 Å². The van der Waals surface area contributed by atoms with Gasteiger partial charge >= 0.3 is 0 Å². The van der Waals surface area contributed by atoms with Crippen molar-refractivity contribution in [2.45, 2.75) is 68.8 Å². The minimum atomic E-state index is -0.560. The first-order valence-electron chi connectivity index (χ1n) is 13.4. The second-order valence-corrected chi connectivity index (χ2v) is 12.3. The van der Waals surface area contributed by atoms with Crippen LogP contribution in [-0.2, 0) is 22.7 Å². The normalized spacial score (nSPS) is 22.8. The maximum Gasteiger partial charge on any atom is 0.255 e. The molecule has 4 aliphatic rings. The second kappa shape index (κ2) is 10.1. The van der Waals surface area contributed by atoms with Crippen molar-refractivity contribution < 1.29 is 14.4 Å². The molecule has 2 saturated heterocycles. The average Bonchev–Trinajstić information content (AvgIpc) is 3.66. The van der Waals surface area contributed by atoms with E-state index in [-0.39, 0.29) is 24.1 Å². The van der Waals surface area contributed by atoms with Crippen LogP contribution >= 0.6 is 11.9 Å². The Morgan fingerprint density at radius 3 is 2.57 bits per heavy atom. The van der Waals surface area contributed by atoms with Crippen molar-refractivity contribution >= 4 is 35.4 Å². The molecule has 3 aliphatic heterocycles. The summed E-state index contributed by atoms with van der Waals surface area (Å²) in [5.74, 6) is -0.238. The summed E-state index contributed by atoms with van der Waals surface area (Å²) in [5.41, 5.74) is 5.62. The monoisotopic (exact) mass is 518 g/mol. The van der Waals surface area contributed by atoms with Crippen LogP contribution in [0.2, 0.25) is 0 Å². The molecule has 3 heterocycles. The van der Waals surface area contributed by atoms with Crippen LogP contribution < -0.4 is 9.62 Å². The molecule has 37 heavy (non-hydrogen) atoms. The first-order valence-corrected chi connectivity index (χ1v) is 14.3. The number of anilines is 1. The molecule has 0 aromatic heterocycles. The molecule has 1 saturated carbocycles. The fourth-order valence-corrected chi connectivity index (χ4v) is 6.87. The number of amides is 3. The van der Waals surface area contributed by atoms with E-state index in [2.05, 4.69) is 58.0 Å². The Balaban J connectivity index is 1.06. The number of piperidine rings is 2. The van der Waals surface area contributed by atoms with Gasteiger partial charge in [-0.25, -0.2) is 0 Å². The highest BCUT2D eigenvalue weighted by Gasteiger charge is 2.39. The van der Waals surface area contributed by atoms with Gasteiger partial charge in [-0.2, -0.15) is 0 Å². The molecule has 3 amide bonds. The summed E-state index contributed by atoms with van der Waals surface area (Å²) in [6.45, 7) is 3.53. The fraction of sp³-hybridized carbons (Fsp3) is 0.483. The van der Waals surface area contributed by atoms with Crippen molar-refractivity contribution in [3.05, 3.63) is 64.7 Å². The highest BCUT2D eigenvalue weighted by Crippen LogP contribution is 2.38. The number of nitrogens with zero attached hydrogens (tertiary/aromatic N) is 3. The van der Waals surface area contributed by atoms with Gasteiger partial charge in [-0.1, -0.05) is 24.3 Å². The van der Waals surface area contributed by atoms with Crippen molar-refractivity contribution in [1.82, 2.24) is 15.1 Å². The lowest BCUT2D eigenvalue weighted by Crippen LogP contribution is -2.52. The maximum absolute atomic E-state index is 13.0. The van der Waals surface area contributed by atoms with E-state index in [0.29, 0.717) is 24.4 Å². The fourth-order valence-electron chi connectivity index (χ4n) is 5.84. The van der Waals surface area contributed by atoms with Gasteiger partial charge in [0.2, 0.25) is 11.8 Å². The number of likely N-dealkylation sites (tertiary alicyclic amines) is 1. The van der Waals surface area contributed by atoms with Crippen molar-refractivity contribution in [2.75, 3.05) is 24.4 Å². The van der Waals surface area contributed by atoms with Crippen molar-refractivity contribution in [3.8, 4) is 0 Å². The van der Waals surface area contributed by atoms with Gasteiger partial charge in [-0.15, -0.1) is 0 Å². The number of rotatable bonds is 7. The summed E-state index contributed by atoms with van der Waals surface area (Å²) in [4.78, 5) is 41.0. The predicted octanol–water partition coefficient (Wildman–Crippen LogP) is 4.07. The lowest BCUT2D eigenvalue weighted by molar-refractivity contribution is -0.136. The van der Waals surface area contributed by atoms with Crippen molar-refractivity contribution in [3.63, 3.8) is 0 Å². The number of hydrogen-bond acceptors (Lipinski definition) is 6. The number of hydrogen-bond donors (Lipinski definition) is 1. The number of nitrogens with one attached hydrogen (secondary N) is 1. The van der Waals surface area contributed by atoms with E-state index in [1.165, 1.54) is 29.7 Å². The Morgan fingerprint density at radius 1 is 1.00 bits per heavy atom. The third-order valence-corrected chi connectivity index (χ3v) is 9.42. The summed E-state index contributed by atoms with van der Waals surface area (Å²) >= 11 is 1.95. The second-order valence-electron chi connectivity index (χ2n) is 10.8. The zero-order valence-electron chi connectivity index (χ0n) is 21.3. The number of carbonyl (C=O) groups is 3. The van der Waals surface area contributed by atoms with E-state index in [1.54, 1.807) is 4.90 Å². The molecule has 0 spiro atoms. The lowest BCUT2D eigenvalue weighted by Gasteiger charge is -2.32. The number of carbonyl (C=O) groups excluding carboxylic acids is 3. The predicted molar refractivity (Wildman–Crippen MR) is 145 cm³/mol. The maximum atomic E-state index is 13.0. The number of fused-ring (bicyclic) bond motifs is 1. The molecule has 1 atom stereocenters. The molecule has 1 aliphatic carbocycles. The van der Waals surface area contributed by atoms with Crippen LogP contribution in [-0.4, -0.2) is 59.0 Å². The van der Waals surface area contributed by atoms with Gasteiger partial charge in [-0.05, 0) is 97.9 Å². The first kappa shape index (κ1) is 24.5. The van der Waals surface area contributed by atoms with Crippen LogP contribution in [0, 0.1) is 0 Å². The van der Waals surface area contributed by atoms with Gasteiger partial charge in [-0.3, -0.25) is 24.6 Å². The zero-order valence-corrected chi connectivity index (χ0v) is 22.1. The highest BCUT2D eigenvalue weighted by atomic mass is 32.2. The Labute approximate surface area is 222 Å². The Hall–Kier alpha value is -2.84. The number of imide groups is 1. The Kier molecular flexibility index (Phi) is 6.71. The molecular formula is C29H34N4O3S. The molecule has 2 aromatic carbocycles. The van der Waals surface area contributed by atoms with E-state index < -0.39 is 6.04 Å². The minimum absolute atomic E-state index is 0.103. The quantitative estimate of drug-likeness (QED) is 0.440. The summed E-state index contributed by atoms with van der Waals surface area (Å²) in [5, 5.41) is 3.17. The summed E-state index contributed by atoms with van der Waals surface area (Å²) in [7, 11) is 2.17. The molecular weight excluding hydrogens is 484 g/mol. The molecule has 3 fully saturated rings. The molecule has 194 valence electrons. The van der Waals surface area contributed by atoms with Crippen LogP contribution in [0.25, 0.3) is 0 Å². The third-order valence-electron chi connectivity index (χ3n) is 8.12. The van der Waals surface area contributed by atoms with E-state index in [1.807, 2.05) is 18.0 Å². The Morgan fingerprint density at radius 2 is 1.81 bits per heavy atom. The average molecular weight is 519 g/mol. The summed E-state index contributed by atoms with van der Waals surface area (Å²) < 4.78 is 2.31. The SMILES string of the molecule is CN(SC1CC1)c1cccc(CN2CCC(c3ccc4c(c3)CN(C3CCC(=O)NC3=O)C4=O)CC2)c1. The van der Waals surface area contributed by atoms with Crippen molar-refractivity contribution in [1.29, 1.82) is 0 Å². The zero-order chi connectivity index (χ0) is 25.5. The molecule has 8 heteroatoms. The van der Waals surface area contributed by atoms with Gasteiger partial charge in [0.15, 0.2) is 0 Å². The minimum Gasteiger partial charge on any atom is -0.322 e. The van der Waals surface area contributed by atoms with Gasteiger partial charge < -0.3 is 9.21 Å². The largest absolute Gasteiger partial charge is 0.322 e. The van der Waals surface area contributed by atoms with Crippen LogP contribution in [0.1, 0.15) is 71.5 Å². The first-order chi connectivity index (χ1) is 17.9. The van der Waals surface area contributed by atoms with Gasteiger partial charge in [0, 0.05) is 43.1 Å².